The van der Waals surface area contributed by atoms with Gasteiger partial charge in [-0.05, 0) is 145 Å². The number of allylic oxidation sites excluding steroid dienone is 1. The maximum atomic E-state index is 2.57. The van der Waals surface area contributed by atoms with E-state index in [1.165, 1.54) is 77.8 Å². The third kappa shape index (κ3) is 9.31. The summed E-state index contributed by atoms with van der Waals surface area (Å²) in [4.78, 5) is 5.12. The molecule has 68 heavy (non-hydrogen) atoms. The predicted octanol–water partition coefficient (Wildman–Crippen LogP) is 19.1. The highest BCUT2D eigenvalue weighted by molar-refractivity contribution is 6.14. The van der Waals surface area contributed by atoms with E-state index in [0.29, 0.717) is 0 Å². The second kappa shape index (κ2) is 17.8. The van der Waals surface area contributed by atoms with E-state index >= 15 is 0 Å². The highest BCUT2D eigenvalue weighted by atomic mass is 15.2. The van der Waals surface area contributed by atoms with Gasteiger partial charge in [0, 0.05) is 39.1 Å². The van der Waals surface area contributed by atoms with E-state index < -0.39 is 0 Å². The first kappa shape index (κ1) is 46.5. The molecule has 8 aromatic rings. The number of rotatable bonds is 8. The van der Waals surface area contributed by atoms with Crippen LogP contribution in [0.15, 0.2) is 176 Å². The summed E-state index contributed by atoms with van der Waals surface area (Å²) in [5, 5.41) is 2.42. The summed E-state index contributed by atoms with van der Waals surface area (Å²) in [5.74, 6) is 0. The predicted molar refractivity (Wildman–Crippen MR) is 296 cm³/mol. The molecule has 0 saturated carbocycles. The van der Waals surface area contributed by atoms with Crippen LogP contribution in [-0.4, -0.2) is 0 Å². The molecule has 0 saturated heterocycles. The van der Waals surface area contributed by atoms with Crippen LogP contribution < -0.4 is 9.80 Å². The van der Waals surface area contributed by atoms with E-state index in [1.54, 1.807) is 0 Å². The average molecular weight is 891 g/mol. The topological polar surface area (TPSA) is 6.48 Å². The fourth-order valence-corrected chi connectivity index (χ4v) is 9.88. The lowest BCUT2D eigenvalue weighted by Gasteiger charge is -2.37. The van der Waals surface area contributed by atoms with Gasteiger partial charge in [-0.25, -0.2) is 0 Å². The first-order valence-corrected chi connectivity index (χ1v) is 24.7. The van der Waals surface area contributed by atoms with Crippen LogP contribution in [0.25, 0.3) is 33.5 Å². The molecule has 0 fully saturated rings. The number of nitrogens with zero attached hydrogens (tertiary/aromatic N) is 2. The molecule has 1 aliphatic rings. The Balaban J connectivity index is 1.44. The third-order valence-corrected chi connectivity index (χ3v) is 14.0. The van der Waals surface area contributed by atoms with Crippen LogP contribution in [0, 0.1) is 0 Å². The van der Waals surface area contributed by atoms with Gasteiger partial charge in [-0.3, -0.25) is 0 Å². The van der Waals surface area contributed by atoms with Crippen molar-refractivity contribution in [2.75, 3.05) is 9.80 Å². The molecule has 0 aromatic heterocycles. The summed E-state index contributed by atoms with van der Waals surface area (Å²) in [6.07, 6.45) is 4.33. The fourth-order valence-electron chi connectivity index (χ4n) is 9.88. The van der Waals surface area contributed by atoms with Crippen molar-refractivity contribution < 1.29 is 0 Å². The van der Waals surface area contributed by atoms with Crippen molar-refractivity contribution in [3.8, 4) is 11.1 Å². The maximum Gasteiger partial charge on any atom is 0.0616 e. The Labute approximate surface area is 408 Å². The highest BCUT2D eigenvalue weighted by Crippen LogP contribution is 2.54. The summed E-state index contributed by atoms with van der Waals surface area (Å²) >= 11 is 0. The summed E-state index contributed by atoms with van der Waals surface area (Å²) in [7, 11) is 0. The minimum Gasteiger partial charge on any atom is -0.310 e. The quantitative estimate of drug-likeness (QED) is 0.140. The molecule has 0 atom stereocenters. The van der Waals surface area contributed by atoms with Crippen molar-refractivity contribution in [3.63, 3.8) is 0 Å². The van der Waals surface area contributed by atoms with Gasteiger partial charge in [0.2, 0.25) is 0 Å². The standard InChI is InChI=1S/C66H70N2/c1-63(2,3)49-25-33-53(34-26-49)67(54-35-27-50(28-36-54)64(4,5)6)61-57-41-23-48(46-21-17-14-18-22-46)44-60(57)62(58-42-24-47(43-59(58)61)45-19-15-13-16-20-45)68(55-37-29-51(30-38-55)65(7,8)9)56-39-31-52(32-40-56)66(10,11)12/h13-23,25-41,43-44H,24,42H2,1-12H3. The van der Waals surface area contributed by atoms with E-state index in [0.717, 1.165) is 35.6 Å². The van der Waals surface area contributed by atoms with E-state index in [1.807, 2.05) is 0 Å². The van der Waals surface area contributed by atoms with Crippen LogP contribution in [0.2, 0.25) is 0 Å². The first-order chi connectivity index (χ1) is 32.3. The molecular weight excluding hydrogens is 821 g/mol. The van der Waals surface area contributed by atoms with Gasteiger partial charge in [0.05, 0.1) is 11.4 Å². The van der Waals surface area contributed by atoms with Gasteiger partial charge in [-0.2, -0.15) is 0 Å². The minimum absolute atomic E-state index is 0.0199. The Morgan fingerprint density at radius 1 is 0.324 bits per heavy atom. The Kier molecular flexibility index (Phi) is 12.2. The van der Waals surface area contributed by atoms with Gasteiger partial charge in [0.25, 0.3) is 0 Å². The molecule has 0 amide bonds. The fraction of sp³-hybridized carbons (Fsp3) is 0.273. The van der Waals surface area contributed by atoms with Crippen LogP contribution in [0.4, 0.5) is 34.1 Å². The second-order valence-electron chi connectivity index (χ2n) is 23.1. The molecule has 0 bridgehead atoms. The van der Waals surface area contributed by atoms with Gasteiger partial charge in [-0.15, -0.1) is 0 Å². The molecule has 0 spiro atoms. The highest BCUT2D eigenvalue weighted by Gasteiger charge is 2.32. The number of hydrogen-bond donors (Lipinski definition) is 0. The summed E-state index contributed by atoms with van der Waals surface area (Å²) in [6.45, 7) is 27.6. The molecule has 0 N–H and O–H groups in total. The van der Waals surface area contributed by atoms with Gasteiger partial charge >= 0.3 is 0 Å². The van der Waals surface area contributed by atoms with Crippen LogP contribution in [-0.2, 0) is 28.1 Å². The zero-order valence-corrected chi connectivity index (χ0v) is 42.6. The Morgan fingerprint density at radius 3 is 1.07 bits per heavy atom. The van der Waals surface area contributed by atoms with Gasteiger partial charge in [0.15, 0.2) is 0 Å². The van der Waals surface area contributed by atoms with Crippen LogP contribution >= 0.6 is 0 Å². The largest absolute Gasteiger partial charge is 0.310 e. The second-order valence-corrected chi connectivity index (χ2v) is 23.1. The van der Waals surface area contributed by atoms with E-state index in [2.05, 4.69) is 275 Å². The summed E-state index contributed by atoms with van der Waals surface area (Å²) in [6, 6.07) is 66.6. The van der Waals surface area contributed by atoms with Crippen molar-refractivity contribution in [3.05, 3.63) is 215 Å². The van der Waals surface area contributed by atoms with Gasteiger partial charge in [0.1, 0.15) is 0 Å². The smallest absolute Gasteiger partial charge is 0.0616 e. The lowest BCUT2D eigenvalue weighted by molar-refractivity contribution is 0.590. The number of hydrogen-bond acceptors (Lipinski definition) is 2. The van der Waals surface area contributed by atoms with Crippen molar-refractivity contribution >= 4 is 56.5 Å². The number of anilines is 6. The number of benzene rings is 8. The van der Waals surface area contributed by atoms with Crippen LogP contribution in [0.3, 0.4) is 0 Å². The number of fused-ring (bicyclic) bond motifs is 2. The van der Waals surface area contributed by atoms with Crippen molar-refractivity contribution in [1.29, 1.82) is 0 Å². The molecule has 0 unspecified atom stereocenters. The molecular formula is C66H70N2. The first-order valence-electron chi connectivity index (χ1n) is 24.7. The Hall–Kier alpha value is -6.64. The zero-order chi connectivity index (χ0) is 48.2. The third-order valence-electron chi connectivity index (χ3n) is 14.0. The van der Waals surface area contributed by atoms with Crippen molar-refractivity contribution in [2.24, 2.45) is 0 Å². The molecule has 0 heterocycles. The Morgan fingerprint density at radius 2 is 0.691 bits per heavy atom. The minimum atomic E-state index is 0.0199. The molecule has 0 aliphatic heterocycles. The molecule has 8 aromatic carbocycles. The van der Waals surface area contributed by atoms with E-state index in [9.17, 15) is 0 Å². The monoisotopic (exact) mass is 891 g/mol. The molecule has 2 nitrogen and oxygen atoms in total. The van der Waals surface area contributed by atoms with Crippen molar-refractivity contribution in [2.45, 2.75) is 118 Å². The molecule has 344 valence electrons. The summed E-state index contributed by atoms with van der Waals surface area (Å²) < 4.78 is 0. The zero-order valence-electron chi connectivity index (χ0n) is 42.6. The van der Waals surface area contributed by atoms with Gasteiger partial charge < -0.3 is 9.80 Å². The van der Waals surface area contributed by atoms with E-state index in [-0.39, 0.29) is 21.7 Å². The van der Waals surface area contributed by atoms with E-state index in [4.69, 9.17) is 0 Å². The van der Waals surface area contributed by atoms with Crippen LogP contribution in [0.5, 0.6) is 0 Å². The molecule has 2 heteroatoms. The Bertz CT molecular complexity index is 2960. The SMILES string of the molecule is CC(C)(C)c1ccc(N(c2ccc(C(C)(C)C)cc2)c2c3c(c(N(c4ccc(C(C)(C)C)cc4)c4ccc(C(C)(C)C)cc4)c4cc(-c5ccccc5)ccc24)CCC(c2ccccc2)=C3)cc1. The van der Waals surface area contributed by atoms with Crippen LogP contribution in [0.1, 0.15) is 128 Å². The van der Waals surface area contributed by atoms with Crippen molar-refractivity contribution in [1.82, 2.24) is 0 Å². The summed E-state index contributed by atoms with van der Waals surface area (Å²) in [5.41, 5.74) is 20.0. The lowest BCUT2D eigenvalue weighted by atomic mass is 9.82. The maximum absolute atomic E-state index is 2.57. The molecule has 1 aliphatic carbocycles. The normalized spacial score (nSPS) is 13.3. The lowest BCUT2D eigenvalue weighted by Crippen LogP contribution is -2.20. The average Bonchev–Trinajstić information content (AvgIpc) is 3.32. The van der Waals surface area contributed by atoms with Gasteiger partial charge in [-0.1, -0.05) is 204 Å². The molecule has 9 rings (SSSR count). The molecule has 0 radical (unpaired) electrons.